The van der Waals surface area contributed by atoms with Crippen molar-refractivity contribution in [3.63, 3.8) is 0 Å². The van der Waals surface area contributed by atoms with Crippen LogP contribution in [0.3, 0.4) is 0 Å². The number of carboxylic acid groups (broad SMARTS) is 1. The van der Waals surface area contributed by atoms with Gasteiger partial charge in [-0.25, -0.2) is 4.79 Å². The molecule has 0 fully saturated rings. The van der Waals surface area contributed by atoms with E-state index < -0.39 is 6.09 Å². The van der Waals surface area contributed by atoms with Crippen molar-refractivity contribution in [3.05, 3.63) is 0 Å². The van der Waals surface area contributed by atoms with Crippen molar-refractivity contribution in [1.29, 1.82) is 0 Å². The van der Waals surface area contributed by atoms with Crippen LogP contribution in [0.15, 0.2) is 0 Å². The zero-order valence-corrected chi connectivity index (χ0v) is 7.66. The third-order valence-corrected chi connectivity index (χ3v) is 0.954. The number of terminal acetylenes is 1. The lowest BCUT2D eigenvalue weighted by molar-refractivity contribution is 0.0718. The molecule has 0 heterocycles. The van der Waals surface area contributed by atoms with Crippen LogP contribution in [-0.4, -0.2) is 44.7 Å². The lowest BCUT2D eigenvalue weighted by Gasteiger charge is -2.02. The number of amides is 1. The van der Waals surface area contributed by atoms with Crippen molar-refractivity contribution >= 4 is 6.09 Å². The van der Waals surface area contributed by atoms with Crippen LogP contribution in [0.1, 0.15) is 0 Å². The Balaban J connectivity index is 0. The smallest absolute Gasteiger partial charge is 0.404 e. The van der Waals surface area contributed by atoms with Gasteiger partial charge in [-0.15, -0.1) is 12.8 Å². The number of ether oxygens (including phenoxy) is 2. The Morgan fingerprint density at radius 3 is 2.46 bits per heavy atom. The Morgan fingerprint density at radius 1 is 1.38 bits per heavy atom. The minimum Gasteiger partial charge on any atom is -0.465 e. The summed E-state index contributed by atoms with van der Waals surface area (Å²) in [5.41, 5.74) is 0. The van der Waals surface area contributed by atoms with Crippen molar-refractivity contribution in [1.82, 2.24) is 5.32 Å². The summed E-state index contributed by atoms with van der Waals surface area (Å²) in [6.07, 6.45) is 6.97. The fourth-order valence-corrected chi connectivity index (χ4v) is 0.474. The van der Waals surface area contributed by atoms with Crippen molar-refractivity contribution < 1.29 is 19.4 Å². The summed E-state index contributed by atoms with van der Waals surface area (Å²) in [7, 11) is 1.58. The molecular weight excluding hydrogens is 174 g/mol. The number of rotatable bonds is 6. The molecular formula is C8H15NO4. The normalized spacial score (nSPS) is 8.23. The van der Waals surface area contributed by atoms with E-state index >= 15 is 0 Å². The first kappa shape index (κ1) is 14.3. The highest BCUT2D eigenvalue weighted by molar-refractivity contribution is 5.64. The Kier molecular flexibility index (Phi) is 14.7. The van der Waals surface area contributed by atoms with E-state index in [2.05, 4.69) is 18.2 Å². The molecule has 0 aromatic rings. The predicted octanol–water partition coefficient (Wildman–Crippen LogP) is 0.166. The van der Waals surface area contributed by atoms with Gasteiger partial charge in [-0.2, -0.15) is 0 Å². The van der Waals surface area contributed by atoms with Crippen LogP contribution in [-0.2, 0) is 9.47 Å². The van der Waals surface area contributed by atoms with E-state index in [1.54, 1.807) is 7.11 Å². The van der Waals surface area contributed by atoms with Gasteiger partial charge in [0.1, 0.15) is 0 Å². The molecule has 0 aliphatic carbocycles. The second-order valence-electron chi connectivity index (χ2n) is 1.84. The number of hydrogen-bond donors (Lipinski definition) is 2. The second kappa shape index (κ2) is 13.3. The van der Waals surface area contributed by atoms with E-state index in [0.29, 0.717) is 26.4 Å². The number of carbonyl (C=O) groups is 1. The molecule has 0 aliphatic rings. The average Bonchev–Trinajstić information content (AvgIpc) is 2.14. The quantitative estimate of drug-likeness (QED) is 0.461. The van der Waals surface area contributed by atoms with Crippen molar-refractivity contribution in [2.24, 2.45) is 0 Å². The van der Waals surface area contributed by atoms with Gasteiger partial charge in [0.2, 0.25) is 0 Å². The molecule has 2 N–H and O–H groups in total. The average molecular weight is 189 g/mol. The second-order valence-corrected chi connectivity index (χ2v) is 1.84. The third-order valence-electron chi connectivity index (χ3n) is 0.954. The summed E-state index contributed by atoms with van der Waals surface area (Å²) in [6, 6.07) is 0. The van der Waals surface area contributed by atoms with Gasteiger partial charge in [-0.1, -0.05) is 0 Å². The van der Waals surface area contributed by atoms with Crippen molar-refractivity contribution in [2.75, 3.05) is 33.5 Å². The van der Waals surface area contributed by atoms with E-state index in [1.807, 2.05) is 0 Å². The zero-order valence-electron chi connectivity index (χ0n) is 7.66. The van der Waals surface area contributed by atoms with Gasteiger partial charge in [-0.3, -0.25) is 0 Å². The molecule has 0 radical (unpaired) electrons. The van der Waals surface area contributed by atoms with Crippen LogP contribution < -0.4 is 5.32 Å². The van der Waals surface area contributed by atoms with Crippen LogP contribution in [0, 0.1) is 12.8 Å². The fourth-order valence-electron chi connectivity index (χ4n) is 0.474. The summed E-state index contributed by atoms with van der Waals surface area (Å²) in [6.45, 7) is 1.74. The van der Waals surface area contributed by atoms with Gasteiger partial charge >= 0.3 is 6.09 Å². The highest BCUT2D eigenvalue weighted by Gasteiger charge is 1.92. The summed E-state index contributed by atoms with van der Waals surface area (Å²) in [5.74, 6) is 0. The summed E-state index contributed by atoms with van der Waals surface area (Å²) in [5, 5.41) is 10.3. The standard InChI is InChI=1S/C6H13NO4.C2H2/c1-10-4-5-11-3-2-7-6(8)9;1-2/h7H,2-5H2,1H3,(H,8,9);1-2H. The van der Waals surface area contributed by atoms with Gasteiger partial charge in [0.25, 0.3) is 0 Å². The largest absolute Gasteiger partial charge is 0.465 e. The first-order valence-corrected chi connectivity index (χ1v) is 3.64. The van der Waals surface area contributed by atoms with E-state index in [0.717, 1.165) is 0 Å². The molecule has 0 unspecified atom stereocenters. The van der Waals surface area contributed by atoms with Crippen LogP contribution in [0.5, 0.6) is 0 Å². The van der Waals surface area contributed by atoms with Crippen molar-refractivity contribution in [2.45, 2.75) is 0 Å². The molecule has 0 rings (SSSR count). The summed E-state index contributed by atoms with van der Waals surface area (Å²) >= 11 is 0. The van der Waals surface area contributed by atoms with Crippen LogP contribution in [0.25, 0.3) is 0 Å². The molecule has 0 saturated carbocycles. The van der Waals surface area contributed by atoms with Crippen LogP contribution in [0.4, 0.5) is 4.79 Å². The minimum atomic E-state index is -1.03. The molecule has 0 aliphatic heterocycles. The van der Waals surface area contributed by atoms with Crippen LogP contribution in [0.2, 0.25) is 0 Å². The SMILES string of the molecule is C#C.COCCOCCNC(=O)O. The molecule has 0 saturated heterocycles. The van der Waals surface area contributed by atoms with Gasteiger partial charge in [0.05, 0.1) is 19.8 Å². The van der Waals surface area contributed by atoms with Gasteiger partial charge in [-0.05, 0) is 0 Å². The Hall–Kier alpha value is -1.25. The predicted molar refractivity (Wildman–Crippen MR) is 48.6 cm³/mol. The fraction of sp³-hybridized carbons (Fsp3) is 0.625. The highest BCUT2D eigenvalue weighted by Crippen LogP contribution is 1.74. The molecule has 0 aromatic heterocycles. The number of methoxy groups -OCH3 is 1. The number of hydrogen-bond acceptors (Lipinski definition) is 3. The monoisotopic (exact) mass is 189 g/mol. The third kappa shape index (κ3) is 18.1. The first-order valence-electron chi connectivity index (χ1n) is 3.64. The molecule has 0 bridgehead atoms. The summed E-state index contributed by atoms with van der Waals surface area (Å²) < 4.78 is 9.68. The molecule has 76 valence electrons. The van der Waals surface area contributed by atoms with Gasteiger partial charge in [0, 0.05) is 13.7 Å². The topological polar surface area (TPSA) is 67.8 Å². The number of nitrogens with one attached hydrogen (secondary N) is 1. The Bertz CT molecular complexity index is 135. The Morgan fingerprint density at radius 2 is 2.00 bits per heavy atom. The van der Waals surface area contributed by atoms with Crippen molar-refractivity contribution in [3.8, 4) is 12.8 Å². The van der Waals surface area contributed by atoms with E-state index in [9.17, 15) is 4.79 Å². The van der Waals surface area contributed by atoms with Gasteiger partial charge < -0.3 is 19.9 Å². The van der Waals surface area contributed by atoms with Crippen LogP contribution >= 0.6 is 0 Å². The molecule has 13 heavy (non-hydrogen) atoms. The van der Waals surface area contributed by atoms with E-state index in [1.165, 1.54) is 0 Å². The molecule has 0 aromatic carbocycles. The maximum atomic E-state index is 9.90. The van der Waals surface area contributed by atoms with E-state index in [-0.39, 0.29) is 0 Å². The lowest BCUT2D eigenvalue weighted by Crippen LogP contribution is -2.25. The molecule has 0 atom stereocenters. The minimum absolute atomic E-state index is 0.318. The Labute approximate surface area is 78.0 Å². The molecule has 5 heteroatoms. The first-order chi connectivity index (χ1) is 6.27. The van der Waals surface area contributed by atoms with E-state index in [4.69, 9.17) is 14.6 Å². The summed E-state index contributed by atoms with van der Waals surface area (Å²) in [4.78, 5) is 9.90. The lowest BCUT2D eigenvalue weighted by atomic mass is 10.7. The maximum Gasteiger partial charge on any atom is 0.404 e. The maximum absolute atomic E-state index is 9.90. The molecule has 5 nitrogen and oxygen atoms in total. The highest BCUT2D eigenvalue weighted by atomic mass is 16.5. The molecule has 1 amide bonds. The zero-order chi connectivity index (χ0) is 10.5. The van der Waals surface area contributed by atoms with Gasteiger partial charge in [0.15, 0.2) is 0 Å². The molecule has 0 spiro atoms.